The van der Waals surface area contributed by atoms with Crippen LogP contribution in [0.5, 0.6) is 0 Å². The molecular formula is C7H12ClNO2. The number of hydrogen-bond donors (Lipinski definition) is 1. The highest BCUT2D eigenvalue weighted by atomic mass is 35.5. The summed E-state index contributed by atoms with van der Waals surface area (Å²) < 4.78 is 4.52. The summed E-state index contributed by atoms with van der Waals surface area (Å²) in [4.78, 5) is 10.8. The van der Waals surface area contributed by atoms with Crippen LogP contribution in [-0.4, -0.2) is 19.1 Å². The van der Waals surface area contributed by atoms with Crippen LogP contribution in [0.1, 0.15) is 12.8 Å². The average molecular weight is 178 g/mol. The molecule has 0 aromatic carbocycles. The maximum Gasteiger partial charge on any atom is 0.333 e. The van der Waals surface area contributed by atoms with E-state index in [2.05, 4.69) is 4.74 Å². The van der Waals surface area contributed by atoms with Crippen molar-refractivity contribution in [1.29, 1.82) is 0 Å². The minimum atomic E-state index is -0.243. The first-order chi connectivity index (χ1) is 4.74. The van der Waals surface area contributed by atoms with Crippen molar-refractivity contribution in [2.75, 3.05) is 7.11 Å². The SMILES string of the molecule is COC(=O)C1=CC[C@@H](N)C1.Cl. The number of methoxy groups -OCH3 is 1. The van der Waals surface area contributed by atoms with Crippen LogP contribution in [0, 0.1) is 0 Å². The van der Waals surface area contributed by atoms with Gasteiger partial charge in [0.25, 0.3) is 0 Å². The largest absolute Gasteiger partial charge is 0.466 e. The molecule has 2 N–H and O–H groups in total. The highest BCUT2D eigenvalue weighted by molar-refractivity contribution is 5.88. The van der Waals surface area contributed by atoms with Crippen LogP contribution in [0.2, 0.25) is 0 Å². The Bertz CT molecular complexity index is 179. The molecular weight excluding hydrogens is 166 g/mol. The Morgan fingerprint density at radius 1 is 1.82 bits per heavy atom. The van der Waals surface area contributed by atoms with Crippen LogP contribution in [0.25, 0.3) is 0 Å². The Kier molecular flexibility index (Phi) is 4.15. The van der Waals surface area contributed by atoms with Crippen LogP contribution >= 0.6 is 12.4 Å². The van der Waals surface area contributed by atoms with Gasteiger partial charge < -0.3 is 10.5 Å². The van der Waals surface area contributed by atoms with Crippen molar-refractivity contribution in [3.05, 3.63) is 11.6 Å². The molecule has 0 spiro atoms. The number of halogens is 1. The van der Waals surface area contributed by atoms with E-state index < -0.39 is 0 Å². The van der Waals surface area contributed by atoms with E-state index in [0.717, 1.165) is 12.0 Å². The first kappa shape index (κ1) is 10.5. The number of carbonyl (C=O) groups is 1. The van der Waals surface area contributed by atoms with Gasteiger partial charge >= 0.3 is 5.97 Å². The third-order valence-corrected chi connectivity index (χ3v) is 1.60. The highest BCUT2D eigenvalue weighted by Crippen LogP contribution is 2.17. The zero-order chi connectivity index (χ0) is 7.56. The lowest BCUT2D eigenvalue weighted by molar-refractivity contribution is -0.136. The lowest BCUT2D eigenvalue weighted by Crippen LogP contribution is -2.16. The topological polar surface area (TPSA) is 52.3 Å². The van der Waals surface area contributed by atoms with Crippen LogP contribution in [0.3, 0.4) is 0 Å². The monoisotopic (exact) mass is 177 g/mol. The predicted octanol–water partition coefficient (Wildman–Crippen LogP) is 0.629. The lowest BCUT2D eigenvalue weighted by Gasteiger charge is -2.00. The predicted molar refractivity (Wildman–Crippen MR) is 44.6 cm³/mol. The van der Waals surface area contributed by atoms with Gasteiger partial charge in [-0.1, -0.05) is 6.08 Å². The van der Waals surface area contributed by atoms with E-state index in [1.807, 2.05) is 6.08 Å². The van der Waals surface area contributed by atoms with Crippen molar-refractivity contribution >= 4 is 18.4 Å². The van der Waals surface area contributed by atoms with Crippen molar-refractivity contribution in [3.63, 3.8) is 0 Å². The van der Waals surface area contributed by atoms with Crippen LogP contribution < -0.4 is 5.73 Å². The van der Waals surface area contributed by atoms with Gasteiger partial charge in [-0.15, -0.1) is 12.4 Å². The van der Waals surface area contributed by atoms with E-state index in [-0.39, 0.29) is 24.4 Å². The van der Waals surface area contributed by atoms with E-state index in [9.17, 15) is 4.79 Å². The molecule has 1 atom stereocenters. The number of rotatable bonds is 1. The van der Waals surface area contributed by atoms with Gasteiger partial charge in [-0.3, -0.25) is 0 Å². The zero-order valence-corrected chi connectivity index (χ0v) is 7.19. The Labute approximate surface area is 72.0 Å². The summed E-state index contributed by atoms with van der Waals surface area (Å²) in [5, 5.41) is 0. The molecule has 0 fully saturated rings. The van der Waals surface area contributed by atoms with Crippen molar-refractivity contribution < 1.29 is 9.53 Å². The molecule has 0 saturated heterocycles. The van der Waals surface area contributed by atoms with Gasteiger partial charge in [0.2, 0.25) is 0 Å². The van der Waals surface area contributed by atoms with Gasteiger partial charge in [-0.25, -0.2) is 4.79 Å². The van der Waals surface area contributed by atoms with Crippen molar-refractivity contribution in [1.82, 2.24) is 0 Å². The number of hydrogen-bond acceptors (Lipinski definition) is 3. The summed E-state index contributed by atoms with van der Waals surface area (Å²) >= 11 is 0. The first-order valence-electron chi connectivity index (χ1n) is 3.27. The summed E-state index contributed by atoms with van der Waals surface area (Å²) in [6, 6.07) is 0.120. The van der Waals surface area contributed by atoms with Gasteiger partial charge in [-0.05, 0) is 12.8 Å². The van der Waals surface area contributed by atoms with E-state index >= 15 is 0 Å². The molecule has 0 saturated carbocycles. The molecule has 1 aliphatic rings. The van der Waals surface area contributed by atoms with Crippen molar-refractivity contribution in [3.8, 4) is 0 Å². The van der Waals surface area contributed by atoms with Gasteiger partial charge in [-0.2, -0.15) is 0 Å². The molecule has 1 rings (SSSR count). The number of nitrogens with two attached hydrogens (primary N) is 1. The van der Waals surface area contributed by atoms with Crippen molar-refractivity contribution in [2.45, 2.75) is 18.9 Å². The maximum atomic E-state index is 10.8. The lowest BCUT2D eigenvalue weighted by atomic mass is 10.2. The van der Waals surface area contributed by atoms with E-state index in [4.69, 9.17) is 5.73 Å². The molecule has 0 amide bonds. The summed E-state index contributed by atoms with van der Waals surface area (Å²) in [6.45, 7) is 0. The molecule has 11 heavy (non-hydrogen) atoms. The second-order valence-corrected chi connectivity index (χ2v) is 2.42. The summed E-state index contributed by atoms with van der Waals surface area (Å²) in [5.74, 6) is -0.243. The minimum absolute atomic E-state index is 0. The molecule has 0 aliphatic heterocycles. The van der Waals surface area contributed by atoms with Gasteiger partial charge in [0.15, 0.2) is 0 Å². The van der Waals surface area contributed by atoms with Crippen molar-refractivity contribution in [2.24, 2.45) is 5.73 Å². The Hall–Kier alpha value is -0.540. The molecule has 4 heteroatoms. The number of ether oxygens (including phenoxy) is 1. The van der Waals surface area contributed by atoms with E-state index in [1.54, 1.807) is 0 Å². The molecule has 0 heterocycles. The molecule has 1 aliphatic carbocycles. The molecule has 0 unspecified atom stereocenters. The smallest absolute Gasteiger partial charge is 0.333 e. The van der Waals surface area contributed by atoms with Crippen LogP contribution in [0.4, 0.5) is 0 Å². The summed E-state index contributed by atoms with van der Waals surface area (Å²) in [5.41, 5.74) is 6.28. The minimum Gasteiger partial charge on any atom is -0.466 e. The average Bonchev–Trinajstić information content (AvgIpc) is 2.34. The Balaban J connectivity index is 0.000001000. The van der Waals surface area contributed by atoms with Crippen LogP contribution in [-0.2, 0) is 9.53 Å². The quantitative estimate of drug-likeness (QED) is 0.598. The van der Waals surface area contributed by atoms with E-state index in [0.29, 0.717) is 6.42 Å². The maximum absolute atomic E-state index is 10.8. The second kappa shape index (κ2) is 4.36. The third-order valence-electron chi connectivity index (χ3n) is 1.60. The van der Waals surface area contributed by atoms with Gasteiger partial charge in [0.1, 0.15) is 0 Å². The van der Waals surface area contributed by atoms with E-state index in [1.165, 1.54) is 7.11 Å². The van der Waals surface area contributed by atoms with Gasteiger partial charge in [0.05, 0.1) is 7.11 Å². The molecule has 0 aromatic rings. The first-order valence-corrected chi connectivity index (χ1v) is 3.27. The van der Waals surface area contributed by atoms with Gasteiger partial charge in [0, 0.05) is 11.6 Å². The molecule has 0 aromatic heterocycles. The molecule has 64 valence electrons. The highest BCUT2D eigenvalue weighted by Gasteiger charge is 2.18. The Morgan fingerprint density at radius 2 is 2.45 bits per heavy atom. The standard InChI is InChI=1S/C7H11NO2.ClH/c1-10-7(9)5-2-3-6(8)4-5;/h2,6H,3-4,8H2,1H3;1H/t6-;/m1./s1. The second-order valence-electron chi connectivity index (χ2n) is 2.42. The summed E-state index contributed by atoms with van der Waals surface area (Å²) in [6.07, 6.45) is 3.30. The molecule has 0 bridgehead atoms. The molecule has 3 nitrogen and oxygen atoms in total. The summed E-state index contributed by atoms with van der Waals surface area (Å²) in [7, 11) is 1.38. The number of esters is 1. The van der Waals surface area contributed by atoms with Crippen LogP contribution in [0.15, 0.2) is 11.6 Å². The normalized spacial score (nSPS) is 22.0. The Morgan fingerprint density at radius 3 is 2.82 bits per heavy atom. The molecule has 0 radical (unpaired) electrons. The third kappa shape index (κ3) is 2.52. The fourth-order valence-corrected chi connectivity index (χ4v) is 1.04. The zero-order valence-electron chi connectivity index (χ0n) is 6.37. The number of carbonyl (C=O) groups excluding carboxylic acids is 1. The fraction of sp³-hybridized carbons (Fsp3) is 0.571. The fourth-order valence-electron chi connectivity index (χ4n) is 1.04.